The van der Waals surface area contributed by atoms with E-state index in [4.69, 9.17) is 4.74 Å². The summed E-state index contributed by atoms with van der Waals surface area (Å²) in [6.45, 7) is 3.15. The van der Waals surface area contributed by atoms with Gasteiger partial charge in [-0.1, -0.05) is 6.07 Å². The molecular formula is C11H14NO. The minimum Gasteiger partial charge on any atom is -0.497 e. The molecule has 1 aliphatic rings. The van der Waals surface area contributed by atoms with Crippen molar-refractivity contribution in [1.82, 2.24) is 5.32 Å². The highest BCUT2D eigenvalue weighted by Gasteiger charge is 2.16. The smallest absolute Gasteiger partial charge is 0.119 e. The molecule has 0 atom stereocenters. The summed E-state index contributed by atoms with van der Waals surface area (Å²) in [5.41, 5.74) is 2.71. The van der Waals surface area contributed by atoms with Crippen molar-refractivity contribution >= 4 is 0 Å². The lowest BCUT2D eigenvalue weighted by atomic mass is 9.95. The standard InChI is InChI=1S/C11H14NO/c1-8-11-4-3-10(13-2)7-9(11)5-6-12-8/h3-4,7,12H,5-6H2,1-2H3. The van der Waals surface area contributed by atoms with Gasteiger partial charge in [-0.15, -0.1) is 0 Å². The first-order valence-corrected chi connectivity index (χ1v) is 4.56. The molecule has 0 amide bonds. The number of ether oxygens (including phenoxy) is 1. The zero-order chi connectivity index (χ0) is 9.26. The molecule has 0 fully saturated rings. The van der Waals surface area contributed by atoms with E-state index in [2.05, 4.69) is 24.4 Å². The predicted octanol–water partition coefficient (Wildman–Crippen LogP) is 1.74. The minimum atomic E-state index is 0.952. The maximum Gasteiger partial charge on any atom is 0.119 e. The Balaban J connectivity index is 2.39. The molecule has 2 nitrogen and oxygen atoms in total. The van der Waals surface area contributed by atoms with Crippen LogP contribution >= 0.6 is 0 Å². The summed E-state index contributed by atoms with van der Waals surface area (Å²) >= 11 is 0. The van der Waals surface area contributed by atoms with Gasteiger partial charge in [0, 0.05) is 6.54 Å². The average Bonchev–Trinajstić information content (AvgIpc) is 2.18. The molecule has 1 heterocycles. The maximum absolute atomic E-state index is 5.19. The maximum atomic E-state index is 5.19. The van der Waals surface area contributed by atoms with Gasteiger partial charge in [0.15, 0.2) is 0 Å². The molecule has 2 heteroatoms. The highest BCUT2D eigenvalue weighted by Crippen LogP contribution is 2.25. The summed E-state index contributed by atoms with van der Waals surface area (Å²) in [4.78, 5) is 0. The summed E-state index contributed by atoms with van der Waals surface area (Å²) in [6, 6.07) is 7.52. The van der Waals surface area contributed by atoms with E-state index < -0.39 is 0 Å². The van der Waals surface area contributed by atoms with E-state index in [0.717, 1.165) is 18.7 Å². The fraction of sp³-hybridized carbons (Fsp3) is 0.364. The van der Waals surface area contributed by atoms with Crippen molar-refractivity contribution in [1.29, 1.82) is 0 Å². The third-order valence-electron chi connectivity index (χ3n) is 2.50. The number of methoxy groups -OCH3 is 1. The summed E-state index contributed by atoms with van der Waals surface area (Å²) in [5, 5.41) is 3.35. The van der Waals surface area contributed by atoms with Crippen LogP contribution in [0.15, 0.2) is 18.2 Å². The topological polar surface area (TPSA) is 21.3 Å². The SMILES string of the molecule is COc1ccc2c(c1)CCN[C]2C. The van der Waals surface area contributed by atoms with E-state index in [1.807, 2.05) is 6.07 Å². The lowest BCUT2D eigenvalue weighted by Gasteiger charge is -2.23. The monoisotopic (exact) mass is 176 g/mol. The molecule has 0 aromatic heterocycles. The van der Waals surface area contributed by atoms with Gasteiger partial charge in [0.1, 0.15) is 5.75 Å². The summed E-state index contributed by atoms with van der Waals surface area (Å²) in [6.07, 6.45) is 1.09. The van der Waals surface area contributed by atoms with Crippen LogP contribution in [0.25, 0.3) is 0 Å². The van der Waals surface area contributed by atoms with Crippen LogP contribution in [-0.4, -0.2) is 13.7 Å². The normalized spacial score (nSPS) is 16.8. The van der Waals surface area contributed by atoms with Crippen molar-refractivity contribution < 1.29 is 4.74 Å². The Kier molecular flexibility index (Phi) is 2.23. The van der Waals surface area contributed by atoms with Gasteiger partial charge in [0.25, 0.3) is 0 Å². The second-order valence-electron chi connectivity index (χ2n) is 3.32. The molecule has 0 bridgehead atoms. The van der Waals surface area contributed by atoms with Crippen LogP contribution in [0.5, 0.6) is 5.75 Å². The molecule has 0 saturated heterocycles. The highest BCUT2D eigenvalue weighted by molar-refractivity contribution is 5.44. The van der Waals surface area contributed by atoms with E-state index in [1.165, 1.54) is 17.2 Å². The van der Waals surface area contributed by atoms with Crippen molar-refractivity contribution in [2.45, 2.75) is 13.3 Å². The second kappa shape index (κ2) is 3.38. The molecule has 13 heavy (non-hydrogen) atoms. The number of hydrogen-bond donors (Lipinski definition) is 1. The van der Waals surface area contributed by atoms with Crippen molar-refractivity contribution in [3.63, 3.8) is 0 Å². The van der Waals surface area contributed by atoms with Gasteiger partial charge in [-0.25, -0.2) is 0 Å². The first kappa shape index (κ1) is 8.57. The summed E-state index contributed by atoms with van der Waals surface area (Å²) in [7, 11) is 1.71. The average molecular weight is 176 g/mol. The van der Waals surface area contributed by atoms with Gasteiger partial charge in [0.05, 0.1) is 13.2 Å². The molecule has 0 saturated carbocycles. The first-order chi connectivity index (χ1) is 6.31. The van der Waals surface area contributed by atoms with E-state index in [1.54, 1.807) is 7.11 Å². The Labute approximate surface area is 78.9 Å². The van der Waals surface area contributed by atoms with Gasteiger partial charge < -0.3 is 10.1 Å². The van der Waals surface area contributed by atoms with Crippen molar-refractivity contribution in [2.24, 2.45) is 0 Å². The molecular weight excluding hydrogens is 162 g/mol. The van der Waals surface area contributed by atoms with Crippen LogP contribution < -0.4 is 10.1 Å². The number of hydrogen-bond acceptors (Lipinski definition) is 2. The molecule has 0 unspecified atom stereocenters. The van der Waals surface area contributed by atoms with Crippen LogP contribution in [0.4, 0.5) is 0 Å². The lowest BCUT2D eigenvalue weighted by molar-refractivity contribution is 0.413. The highest BCUT2D eigenvalue weighted by atomic mass is 16.5. The summed E-state index contributed by atoms with van der Waals surface area (Å²) in [5.74, 6) is 0.952. The van der Waals surface area contributed by atoms with Crippen molar-refractivity contribution in [2.75, 3.05) is 13.7 Å². The number of benzene rings is 1. The Hall–Kier alpha value is -1.02. The van der Waals surface area contributed by atoms with Crippen LogP contribution in [0, 0.1) is 6.04 Å². The number of nitrogens with one attached hydrogen (secondary N) is 1. The molecule has 1 aromatic carbocycles. The molecule has 1 radical (unpaired) electrons. The van der Waals surface area contributed by atoms with Crippen LogP contribution in [0.3, 0.4) is 0 Å². The predicted molar refractivity (Wildman–Crippen MR) is 52.7 cm³/mol. The first-order valence-electron chi connectivity index (χ1n) is 4.56. The number of rotatable bonds is 1. The fourth-order valence-corrected chi connectivity index (χ4v) is 1.75. The van der Waals surface area contributed by atoms with Crippen LogP contribution in [-0.2, 0) is 6.42 Å². The van der Waals surface area contributed by atoms with E-state index in [0.29, 0.717) is 0 Å². The van der Waals surface area contributed by atoms with Crippen molar-refractivity contribution in [3.8, 4) is 5.75 Å². The Bertz CT molecular complexity index is 309. The Morgan fingerprint density at radius 3 is 3.00 bits per heavy atom. The fourth-order valence-electron chi connectivity index (χ4n) is 1.75. The molecule has 1 N–H and O–H groups in total. The van der Waals surface area contributed by atoms with E-state index >= 15 is 0 Å². The number of fused-ring (bicyclic) bond motifs is 1. The Morgan fingerprint density at radius 2 is 2.23 bits per heavy atom. The zero-order valence-corrected chi connectivity index (χ0v) is 8.05. The van der Waals surface area contributed by atoms with Gasteiger partial charge in [-0.2, -0.15) is 0 Å². The third kappa shape index (κ3) is 1.54. The quantitative estimate of drug-likeness (QED) is 0.703. The Morgan fingerprint density at radius 1 is 1.38 bits per heavy atom. The van der Waals surface area contributed by atoms with Crippen LogP contribution in [0.2, 0.25) is 0 Å². The van der Waals surface area contributed by atoms with Crippen LogP contribution in [0.1, 0.15) is 18.1 Å². The van der Waals surface area contributed by atoms with E-state index in [-0.39, 0.29) is 0 Å². The largest absolute Gasteiger partial charge is 0.497 e. The summed E-state index contributed by atoms with van der Waals surface area (Å²) < 4.78 is 5.19. The second-order valence-corrected chi connectivity index (χ2v) is 3.32. The molecule has 1 aromatic rings. The van der Waals surface area contributed by atoms with Gasteiger partial charge in [-0.05, 0) is 36.6 Å². The molecule has 69 valence electrons. The molecule has 0 aliphatic carbocycles. The third-order valence-corrected chi connectivity index (χ3v) is 2.50. The lowest BCUT2D eigenvalue weighted by Crippen LogP contribution is -2.28. The molecule has 1 aliphatic heterocycles. The zero-order valence-electron chi connectivity index (χ0n) is 8.05. The molecule has 0 spiro atoms. The van der Waals surface area contributed by atoms with E-state index in [9.17, 15) is 0 Å². The van der Waals surface area contributed by atoms with Gasteiger partial charge in [-0.3, -0.25) is 0 Å². The van der Waals surface area contributed by atoms with Gasteiger partial charge in [0.2, 0.25) is 0 Å². The minimum absolute atomic E-state index is 0.952. The van der Waals surface area contributed by atoms with Crippen molar-refractivity contribution in [3.05, 3.63) is 35.4 Å². The molecule has 2 rings (SSSR count). The van der Waals surface area contributed by atoms with Gasteiger partial charge >= 0.3 is 0 Å².